The summed E-state index contributed by atoms with van der Waals surface area (Å²) < 4.78 is 46.9. The maximum absolute atomic E-state index is 12.3. The van der Waals surface area contributed by atoms with E-state index in [2.05, 4.69) is 0 Å². The van der Waals surface area contributed by atoms with Crippen molar-refractivity contribution in [2.75, 3.05) is 25.6 Å². The van der Waals surface area contributed by atoms with Gasteiger partial charge < -0.3 is 15.2 Å². The number of hydrogen-bond donors (Lipinski definition) is 1. The molecule has 1 fully saturated rings. The summed E-state index contributed by atoms with van der Waals surface area (Å²) in [6, 6.07) is 5.06. The van der Waals surface area contributed by atoms with Gasteiger partial charge in [-0.25, -0.2) is 0 Å². The number of nitrogen functional groups attached to an aromatic ring is 1. The van der Waals surface area contributed by atoms with Crippen LogP contribution in [0.4, 0.5) is 18.9 Å². The number of alkyl halides is 3. The Labute approximate surface area is 109 Å². The quantitative estimate of drug-likeness (QED) is 0.862. The first-order valence-corrected chi connectivity index (χ1v) is 6.13. The van der Waals surface area contributed by atoms with Crippen LogP contribution in [0.2, 0.25) is 0 Å². The van der Waals surface area contributed by atoms with Crippen LogP contribution in [0.25, 0.3) is 0 Å². The average Bonchev–Trinajstić information content (AvgIpc) is 2.37. The zero-order chi connectivity index (χ0) is 13.9. The van der Waals surface area contributed by atoms with Gasteiger partial charge in [0, 0.05) is 13.2 Å². The van der Waals surface area contributed by atoms with Gasteiger partial charge in [-0.15, -0.1) is 0 Å². The van der Waals surface area contributed by atoms with E-state index in [1.165, 1.54) is 0 Å². The number of ether oxygens (including phenoxy) is 2. The Hall–Kier alpha value is -1.43. The van der Waals surface area contributed by atoms with Crippen LogP contribution in [-0.4, -0.2) is 26.0 Å². The number of anilines is 1. The zero-order valence-corrected chi connectivity index (χ0v) is 10.4. The molecule has 0 unspecified atom stereocenters. The molecule has 0 atom stereocenters. The molecule has 1 aliphatic heterocycles. The van der Waals surface area contributed by atoms with Crippen molar-refractivity contribution in [3.63, 3.8) is 0 Å². The Morgan fingerprint density at radius 2 is 1.95 bits per heavy atom. The van der Waals surface area contributed by atoms with Crippen molar-refractivity contribution in [1.29, 1.82) is 0 Å². The normalized spacial score (nSPS) is 17.4. The Bertz CT molecular complexity index is 428. The summed E-state index contributed by atoms with van der Waals surface area (Å²) in [6.45, 7) is -0.103. The molecule has 0 aliphatic carbocycles. The Morgan fingerprint density at radius 1 is 1.26 bits per heavy atom. The van der Waals surface area contributed by atoms with Crippen LogP contribution in [0.3, 0.4) is 0 Å². The smallest absolute Gasteiger partial charge is 0.422 e. The van der Waals surface area contributed by atoms with Crippen LogP contribution in [0.15, 0.2) is 18.2 Å². The fourth-order valence-corrected chi connectivity index (χ4v) is 2.22. The molecule has 106 valence electrons. The van der Waals surface area contributed by atoms with Gasteiger partial charge in [-0.05, 0) is 30.4 Å². The van der Waals surface area contributed by atoms with Crippen molar-refractivity contribution >= 4 is 5.69 Å². The number of rotatable bonds is 3. The number of hydrogen-bond acceptors (Lipinski definition) is 3. The Kier molecular flexibility index (Phi) is 4.19. The van der Waals surface area contributed by atoms with Crippen LogP contribution in [0, 0.1) is 0 Å². The van der Waals surface area contributed by atoms with Gasteiger partial charge in [-0.1, -0.05) is 12.1 Å². The first-order chi connectivity index (χ1) is 8.97. The predicted octanol–water partition coefficient (Wildman–Crippen LogP) is 3.10. The maximum Gasteiger partial charge on any atom is 0.422 e. The summed E-state index contributed by atoms with van der Waals surface area (Å²) >= 11 is 0. The molecule has 2 N–H and O–H groups in total. The minimum atomic E-state index is -4.37. The first kappa shape index (κ1) is 14.0. The van der Waals surface area contributed by atoms with E-state index >= 15 is 0 Å². The molecule has 0 radical (unpaired) electrons. The number of benzene rings is 1. The van der Waals surface area contributed by atoms with Gasteiger partial charge in [0.25, 0.3) is 0 Å². The Balaban J connectivity index is 2.20. The molecule has 0 amide bonds. The SMILES string of the molecule is Nc1cccc(C2CCOCC2)c1OCC(F)(F)F. The summed E-state index contributed by atoms with van der Waals surface area (Å²) in [5.41, 5.74) is 6.72. The van der Waals surface area contributed by atoms with Gasteiger partial charge in [-0.2, -0.15) is 13.2 Å². The third-order valence-corrected chi connectivity index (χ3v) is 3.12. The van der Waals surface area contributed by atoms with E-state index in [1.54, 1.807) is 18.2 Å². The highest BCUT2D eigenvalue weighted by Gasteiger charge is 2.30. The molecule has 1 aliphatic rings. The minimum Gasteiger partial charge on any atom is -0.482 e. The minimum absolute atomic E-state index is 0.139. The highest BCUT2D eigenvalue weighted by Crippen LogP contribution is 2.37. The van der Waals surface area contributed by atoms with Gasteiger partial charge in [-0.3, -0.25) is 0 Å². The van der Waals surface area contributed by atoms with E-state index < -0.39 is 12.8 Å². The second kappa shape index (κ2) is 5.69. The van der Waals surface area contributed by atoms with E-state index in [9.17, 15) is 13.2 Å². The fourth-order valence-electron chi connectivity index (χ4n) is 2.22. The lowest BCUT2D eigenvalue weighted by Gasteiger charge is -2.25. The van der Waals surface area contributed by atoms with Crippen molar-refractivity contribution in [2.45, 2.75) is 24.9 Å². The van der Waals surface area contributed by atoms with Gasteiger partial charge >= 0.3 is 6.18 Å². The molecule has 0 bridgehead atoms. The van der Waals surface area contributed by atoms with Gasteiger partial charge in [0.05, 0.1) is 5.69 Å². The molecule has 2 rings (SSSR count). The largest absolute Gasteiger partial charge is 0.482 e. The lowest BCUT2D eigenvalue weighted by Crippen LogP contribution is -2.21. The van der Waals surface area contributed by atoms with Crippen LogP contribution < -0.4 is 10.5 Å². The van der Waals surface area contributed by atoms with Crippen LogP contribution in [0.5, 0.6) is 5.75 Å². The molecule has 1 heterocycles. The standard InChI is InChI=1S/C13H16F3NO2/c14-13(15,16)8-19-12-10(2-1-3-11(12)17)9-4-6-18-7-5-9/h1-3,9H,4-8,17H2. The summed E-state index contributed by atoms with van der Waals surface area (Å²) in [4.78, 5) is 0. The monoisotopic (exact) mass is 275 g/mol. The molecule has 6 heteroatoms. The number of halogens is 3. The van der Waals surface area contributed by atoms with Crippen LogP contribution in [-0.2, 0) is 4.74 Å². The van der Waals surface area contributed by atoms with Crippen LogP contribution in [0.1, 0.15) is 24.3 Å². The van der Waals surface area contributed by atoms with Gasteiger partial charge in [0.15, 0.2) is 6.61 Å². The average molecular weight is 275 g/mol. The third-order valence-electron chi connectivity index (χ3n) is 3.12. The lowest BCUT2D eigenvalue weighted by molar-refractivity contribution is -0.153. The first-order valence-electron chi connectivity index (χ1n) is 6.13. The predicted molar refractivity (Wildman–Crippen MR) is 65.2 cm³/mol. The zero-order valence-electron chi connectivity index (χ0n) is 10.4. The summed E-state index contributed by atoms with van der Waals surface area (Å²) in [5.74, 6) is 0.298. The second-order valence-corrected chi connectivity index (χ2v) is 4.56. The third kappa shape index (κ3) is 3.76. The maximum atomic E-state index is 12.3. The molecular weight excluding hydrogens is 259 g/mol. The van der Waals surface area contributed by atoms with E-state index in [-0.39, 0.29) is 17.4 Å². The molecule has 1 saturated heterocycles. The molecule has 19 heavy (non-hydrogen) atoms. The second-order valence-electron chi connectivity index (χ2n) is 4.56. The topological polar surface area (TPSA) is 44.5 Å². The number of nitrogens with two attached hydrogens (primary N) is 1. The molecule has 0 spiro atoms. The summed E-state index contributed by atoms with van der Waals surface area (Å²) in [7, 11) is 0. The molecule has 0 saturated carbocycles. The van der Waals surface area contributed by atoms with Crippen molar-refractivity contribution in [1.82, 2.24) is 0 Å². The van der Waals surface area contributed by atoms with Crippen LogP contribution >= 0.6 is 0 Å². The molecule has 1 aromatic rings. The van der Waals surface area contributed by atoms with Crippen molar-refractivity contribution in [3.8, 4) is 5.75 Å². The lowest BCUT2D eigenvalue weighted by atomic mass is 9.90. The summed E-state index contributed by atoms with van der Waals surface area (Å²) in [5, 5.41) is 0. The van der Waals surface area contributed by atoms with Gasteiger partial charge in [0.1, 0.15) is 5.75 Å². The van der Waals surface area contributed by atoms with Crippen molar-refractivity contribution in [2.24, 2.45) is 0 Å². The molecule has 1 aromatic carbocycles. The fraction of sp³-hybridized carbons (Fsp3) is 0.538. The highest BCUT2D eigenvalue weighted by atomic mass is 19.4. The van der Waals surface area contributed by atoms with E-state index in [0.717, 1.165) is 18.4 Å². The van der Waals surface area contributed by atoms with E-state index in [1.807, 2.05) is 0 Å². The van der Waals surface area contributed by atoms with Gasteiger partial charge in [0.2, 0.25) is 0 Å². The van der Waals surface area contributed by atoms with Crippen molar-refractivity contribution in [3.05, 3.63) is 23.8 Å². The highest BCUT2D eigenvalue weighted by molar-refractivity contribution is 5.57. The van der Waals surface area contributed by atoms with E-state index in [0.29, 0.717) is 13.2 Å². The molecule has 0 aromatic heterocycles. The van der Waals surface area contributed by atoms with Crippen molar-refractivity contribution < 1.29 is 22.6 Å². The molecular formula is C13H16F3NO2. The summed E-state index contributed by atoms with van der Waals surface area (Å²) in [6.07, 6.45) is -2.83. The number of para-hydroxylation sites is 1. The Morgan fingerprint density at radius 3 is 2.58 bits per heavy atom. The molecule has 3 nitrogen and oxygen atoms in total. The van der Waals surface area contributed by atoms with E-state index in [4.69, 9.17) is 15.2 Å².